The highest BCUT2D eigenvalue weighted by Gasteiger charge is 2.30. The Morgan fingerprint density at radius 2 is 1.90 bits per heavy atom. The molecule has 0 bridgehead atoms. The van der Waals surface area contributed by atoms with E-state index in [4.69, 9.17) is 0 Å². The van der Waals surface area contributed by atoms with Crippen LogP contribution in [0, 0.1) is 0 Å². The fraction of sp³-hybridized carbons (Fsp3) is 0.286. The van der Waals surface area contributed by atoms with E-state index in [1.807, 2.05) is 13.8 Å². The van der Waals surface area contributed by atoms with Crippen molar-refractivity contribution in [1.82, 2.24) is 10.2 Å². The highest BCUT2D eigenvalue weighted by Crippen LogP contribution is 2.31. The number of H-pyrrole nitrogens is 1. The number of hydrogen-bond acceptors (Lipinski definition) is 2. The lowest BCUT2D eigenvalue weighted by molar-refractivity contribution is -0.137. The van der Waals surface area contributed by atoms with Crippen molar-refractivity contribution in [3.05, 3.63) is 51.9 Å². The predicted molar refractivity (Wildman–Crippen MR) is 69.4 cm³/mol. The lowest BCUT2D eigenvalue weighted by Crippen LogP contribution is -2.13. The Kier molecular flexibility index (Phi) is 3.65. The summed E-state index contributed by atoms with van der Waals surface area (Å²) in [6.07, 6.45) is -4.43. The van der Waals surface area contributed by atoms with Gasteiger partial charge >= 0.3 is 6.18 Å². The number of hydrogen-bond donors (Lipinski definition) is 1. The summed E-state index contributed by atoms with van der Waals surface area (Å²) in [5.41, 5.74) is -0.247. The molecule has 0 saturated heterocycles. The Balaban J connectivity index is 2.57. The molecule has 0 radical (unpaired) electrons. The van der Waals surface area contributed by atoms with E-state index in [0.717, 1.165) is 12.1 Å². The summed E-state index contributed by atoms with van der Waals surface area (Å²) >= 11 is 0. The van der Waals surface area contributed by atoms with Gasteiger partial charge in [0, 0.05) is 0 Å². The molecule has 1 N–H and O–H groups in total. The molecule has 0 aliphatic carbocycles. The fourth-order valence-electron chi connectivity index (χ4n) is 1.79. The van der Waals surface area contributed by atoms with E-state index in [-0.39, 0.29) is 17.0 Å². The maximum atomic E-state index is 12.7. The number of aromatic nitrogens is 2. The van der Waals surface area contributed by atoms with Crippen LogP contribution in [0.1, 0.15) is 31.0 Å². The maximum Gasteiger partial charge on any atom is 0.416 e. The highest BCUT2D eigenvalue weighted by atomic mass is 19.4. The summed E-state index contributed by atoms with van der Waals surface area (Å²) in [6, 6.07) is 6.23. The zero-order valence-electron chi connectivity index (χ0n) is 11.0. The molecule has 0 saturated carbocycles. The smallest absolute Gasteiger partial charge is 0.267 e. The summed E-state index contributed by atoms with van der Waals surface area (Å²) < 4.78 is 38.1. The third-order valence-electron chi connectivity index (χ3n) is 2.92. The molecule has 0 aliphatic heterocycles. The van der Waals surface area contributed by atoms with E-state index in [2.05, 4.69) is 10.2 Å². The second-order valence-electron chi connectivity index (χ2n) is 4.77. The minimum atomic E-state index is -4.43. The van der Waals surface area contributed by atoms with Crippen molar-refractivity contribution in [3.63, 3.8) is 0 Å². The number of rotatable bonds is 2. The molecule has 0 fully saturated rings. The average molecular weight is 282 g/mol. The van der Waals surface area contributed by atoms with E-state index < -0.39 is 17.3 Å². The molecular weight excluding hydrogens is 269 g/mol. The molecule has 2 aromatic rings. The maximum absolute atomic E-state index is 12.7. The Labute approximate surface area is 113 Å². The van der Waals surface area contributed by atoms with E-state index in [9.17, 15) is 18.0 Å². The molecule has 0 spiro atoms. The molecule has 6 heteroatoms. The van der Waals surface area contributed by atoms with Gasteiger partial charge in [-0.1, -0.05) is 26.0 Å². The topological polar surface area (TPSA) is 45.8 Å². The molecule has 0 atom stereocenters. The Hall–Kier alpha value is -2.11. The van der Waals surface area contributed by atoms with Crippen LogP contribution in [0.4, 0.5) is 13.2 Å². The van der Waals surface area contributed by atoms with Crippen molar-refractivity contribution in [2.75, 3.05) is 0 Å². The third-order valence-corrected chi connectivity index (χ3v) is 2.92. The first kappa shape index (κ1) is 14.3. The highest BCUT2D eigenvalue weighted by molar-refractivity contribution is 5.63. The predicted octanol–water partition coefficient (Wildman–Crippen LogP) is 3.58. The van der Waals surface area contributed by atoms with Gasteiger partial charge in [0.1, 0.15) is 0 Å². The molecule has 0 aliphatic rings. The lowest BCUT2D eigenvalue weighted by atomic mass is 10.0. The minimum Gasteiger partial charge on any atom is -0.267 e. The van der Waals surface area contributed by atoms with E-state index in [1.54, 1.807) is 0 Å². The van der Waals surface area contributed by atoms with Gasteiger partial charge in [-0.25, -0.2) is 5.10 Å². The standard InChI is InChI=1S/C14H13F3N2O/c1-8(2)12-7-11(13(20)19-18-12)9-4-3-5-10(6-9)14(15,16)17/h3-8H,1-2H3,(H,19,20). The SMILES string of the molecule is CC(C)c1cc(-c2cccc(C(F)(F)F)c2)c(=O)[nH]n1. The van der Waals surface area contributed by atoms with Crippen LogP contribution in [0.3, 0.4) is 0 Å². The van der Waals surface area contributed by atoms with Crippen LogP contribution >= 0.6 is 0 Å². The first-order valence-corrected chi connectivity index (χ1v) is 6.06. The van der Waals surface area contributed by atoms with Crippen LogP contribution in [-0.4, -0.2) is 10.2 Å². The van der Waals surface area contributed by atoms with Crippen molar-refractivity contribution in [2.24, 2.45) is 0 Å². The number of alkyl halides is 3. The quantitative estimate of drug-likeness (QED) is 0.915. The number of halogens is 3. The monoisotopic (exact) mass is 282 g/mol. The molecule has 1 aromatic carbocycles. The van der Waals surface area contributed by atoms with Crippen LogP contribution in [0.5, 0.6) is 0 Å². The summed E-state index contributed by atoms with van der Waals surface area (Å²) in [6.45, 7) is 3.77. The molecule has 0 amide bonds. The summed E-state index contributed by atoms with van der Waals surface area (Å²) in [5, 5.41) is 6.20. The Morgan fingerprint density at radius 3 is 2.50 bits per heavy atom. The number of aromatic amines is 1. The molecule has 0 unspecified atom stereocenters. The van der Waals surface area contributed by atoms with Gasteiger partial charge in [-0.2, -0.15) is 18.3 Å². The third kappa shape index (κ3) is 2.89. The summed E-state index contributed by atoms with van der Waals surface area (Å²) in [5.74, 6) is 0.0661. The van der Waals surface area contributed by atoms with Crippen LogP contribution < -0.4 is 5.56 Å². The van der Waals surface area contributed by atoms with Crippen molar-refractivity contribution >= 4 is 0 Å². The normalized spacial score (nSPS) is 11.9. The van der Waals surface area contributed by atoms with Gasteiger partial charge in [0.25, 0.3) is 5.56 Å². The number of benzene rings is 1. The first-order chi connectivity index (χ1) is 9.29. The second-order valence-corrected chi connectivity index (χ2v) is 4.77. The van der Waals surface area contributed by atoms with Gasteiger partial charge in [0.2, 0.25) is 0 Å². The average Bonchev–Trinajstić information content (AvgIpc) is 2.38. The van der Waals surface area contributed by atoms with Gasteiger partial charge in [0.15, 0.2) is 0 Å². The lowest BCUT2D eigenvalue weighted by Gasteiger charge is -2.09. The van der Waals surface area contributed by atoms with Gasteiger partial charge in [0.05, 0.1) is 16.8 Å². The van der Waals surface area contributed by atoms with Crippen molar-refractivity contribution in [3.8, 4) is 11.1 Å². The van der Waals surface area contributed by atoms with Gasteiger partial charge < -0.3 is 0 Å². The molecule has 1 heterocycles. The zero-order chi connectivity index (χ0) is 14.9. The van der Waals surface area contributed by atoms with Crippen LogP contribution in [0.25, 0.3) is 11.1 Å². The molecule has 3 nitrogen and oxygen atoms in total. The van der Waals surface area contributed by atoms with Gasteiger partial charge in [-0.15, -0.1) is 0 Å². The van der Waals surface area contributed by atoms with Gasteiger partial charge in [-0.3, -0.25) is 4.79 Å². The zero-order valence-corrected chi connectivity index (χ0v) is 11.0. The van der Waals surface area contributed by atoms with E-state index >= 15 is 0 Å². The van der Waals surface area contributed by atoms with Crippen LogP contribution in [0.2, 0.25) is 0 Å². The number of nitrogens with zero attached hydrogens (tertiary/aromatic N) is 1. The van der Waals surface area contributed by atoms with Crippen molar-refractivity contribution in [2.45, 2.75) is 25.9 Å². The Bertz CT molecular complexity index is 675. The summed E-state index contributed by atoms with van der Waals surface area (Å²) in [7, 11) is 0. The largest absolute Gasteiger partial charge is 0.416 e. The first-order valence-electron chi connectivity index (χ1n) is 6.06. The number of nitrogens with one attached hydrogen (secondary N) is 1. The van der Waals surface area contributed by atoms with E-state index in [1.165, 1.54) is 18.2 Å². The fourth-order valence-corrected chi connectivity index (χ4v) is 1.79. The van der Waals surface area contributed by atoms with Crippen LogP contribution in [-0.2, 0) is 6.18 Å². The molecule has 106 valence electrons. The van der Waals surface area contributed by atoms with E-state index in [0.29, 0.717) is 5.69 Å². The molecule has 2 rings (SSSR count). The van der Waals surface area contributed by atoms with Crippen molar-refractivity contribution in [1.29, 1.82) is 0 Å². The van der Waals surface area contributed by atoms with Crippen molar-refractivity contribution < 1.29 is 13.2 Å². The second kappa shape index (κ2) is 5.11. The minimum absolute atomic E-state index is 0.0661. The Morgan fingerprint density at radius 1 is 1.20 bits per heavy atom. The van der Waals surface area contributed by atoms with Crippen LogP contribution in [0.15, 0.2) is 35.1 Å². The summed E-state index contributed by atoms with van der Waals surface area (Å²) in [4.78, 5) is 11.8. The molecular formula is C14H13F3N2O. The molecule has 1 aromatic heterocycles. The van der Waals surface area contributed by atoms with Gasteiger partial charge in [-0.05, 0) is 29.7 Å². The molecule has 20 heavy (non-hydrogen) atoms.